The third-order valence-corrected chi connectivity index (χ3v) is 3.65. The molecule has 0 bridgehead atoms. The predicted molar refractivity (Wildman–Crippen MR) is 74.1 cm³/mol. The van der Waals surface area contributed by atoms with Gasteiger partial charge >= 0.3 is 0 Å². The van der Waals surface area contributed by atoms with E-state index in [1.165, 1.54) is 18.2 Å². The van der Waals surface area contributed by atoms with E-state index < -0.39 is 5.82 Å². The van der Waals surface area contributed by atoms with Crippen LogP contribution in [0.15, 0.2) is 36.5 Å². The maximum Gasteiger partial charge on any atom is 0.257 e. The predicted octanol–water partition coefficient (Wildman–Crippen LogP) is 3.07. The number of amides is 1. The number of pyridine rings is 1. The molecule has 1 aliphatic rings. The number of benzene rings is 1. The Bertz CT molecular complexity index is 675. The monoisotopic (exact) mass is 290 g/mol. The highest BCUT2D eigenvalue weighted by molar-refractivity contribution is 6.31. The van der Waals surface area contributed by atoms with Crippen molar-refractivity contribution in [1.82, 2.24) is 9.88 Å². The second-order valence-electron chi connectivity index (χ2n) is 4.71. The van der Waals surface area contributed by atoms with Crippen LogP contribution in [0.3, 0.4) is 0 Å². The van der Waals surface area contributed by atoms with Crippen molar-refractivity contribution in [1.29, 1.82) is 0 Å². The first-order valence-corrected chi connectivity index (χ1v) is 6.70. The maximum atomic E-state index is 13.8. The molecule has 0 radical (unpaired) electrons. The highest BCUT2D eigenvalue weighted by Gasteiger charge is 2.24. The number of hydrogen-bond donors (Lipinski definition) is 0. The van der Waals surface area contributed by atoms with Gasteiger partial charge in [-0.2, -0.15) is 0 Å². The largest absolute Gasteiger partial charge is 0.334 e. The standard InChI is InChI=1S/C15H12ClFN2O/c16-11-3-4-13(17)12(8-11)15(20)19-7-5-14-10(9-19)2-1-6-18-14/h1-4,6,8H,5,7,9H2. The Labute approximate surface area is 121 Å². The molecule has 1 aromatic heterocycles. The summed E-state index contributed by atoms with van der Waals surface area (Å²) < 4.78 is 13.8. The van der Waals surface area contributed by atoms with Crippen LogP contribution in [0, 0.1) is 5.82 Å². The maximum absolute atomic E-state index is 13.8. The van der Waals surface area contributed by atoms with Crippen LogP contribution in [0.1, 0.15) is 21.6 Å². The SMILES string of the molecule is O=C(c1cc(Cl)ccc1F)N1CCc2ncccc2C1. The molecule has 0 N–H and O–H groups in total. The molecule has 1 aromatic carbocycles. The molecule has 102 valence electrons. The molecule has 3 rings (SSSR count). The topological polar surface area (TPSA) is 33.2 Å². The molecule has 0 spiro atoms. The van der Waals surface area contributed by atoms with Crippen molar-refractivity contribution in [2.75, 3.05) is 6.54 Å². The molecule has 3 nitrogen and oxygen atoms in total. The summed E-state index contributed by atoms with van der Waals surface area (Å²) in [6, 6.07) is 7.80. The molecule has 0 fully saturated rings. The van der Waals surface area contributed by atoms with Crippen molar-refractivity contribution < 1.29 is 9.18 Å². The zero-order chi connectivity index (χ0) is 14.1. The van der Waals surface area contributed by atoms with E-state index in [2.05, 4.69) is 4.98 Å². The summed E-state index contributed by atoms with van der Waals surface area (Å²) in [4.78, 5) is 18.3. The summed E-state index contributed by atoms with van der Waals surface area (Å²) in [7, 11) is 0. The van der Waals surface area contributed by atoms with Gasteiger partial charge in [0.2, 0.25) is 0 Å². The Morgan fingerprint density at radius 1 is 1.35 bits per heavy atom. The van der Waals surface area contributed by atoms with Gasteiger partial charge in [0.25, 0.3) is 5.91 Å². The molecule has 0 saturated carbocycles. The van der Waals surface area contributed by atoms with Gasteiger partial charge in [0.15, 0.2) is 0 Å². The molecule has 2 aromatic rings. The van der Waals surface area contributed by atoms with Gasteiger partial charge in [0.05, 0.1) is 5.56 Å². The number of carbonyl (C=O) groups excluding carboxylic acids is 1. The van der Waals surface area contributed by atoms with E-state index in [0.29, 0.717) is 24.5 Å². The van der Waals surface area contributed by atoms with Crippen LogP contribution >= 0.6 is 11.6 Å². The zero-order valence-corrected chi connectivity index (χ0v) is 11.4. The van der Waals surface area contributed by atoms with E-state index >= 15 is 0 Å². The number of hydrogen-bond acceptors (Lipinski definition) is 2. The van der Waals surface area contributed by atoms with Crippen molar-refractivity contribution in [3.8, 4) is 0 Å². The van der Waals surface area contributed by atoms with Gasteiger partial charge in [-0.05, 0) is 29.8 Å². The Morgan fingerprint density at radius 2 is 2.20 bits per heavy atom. The van der Waals surface area contributed by atoms with Gasteiger partial charge < -0.3 is 4.90 Å². The summed E-state index contributed by atoms with van der Waals surface area (Å²) in [5.41, 5.74) is 2.03. The van der Waals surface area contributed by atoms with E-state index in [1.807, 2.05) is 12.1 Å². The third-order valence-electron chi connectivity index (χ3n) is 3.41. The van der Waals surface area contributed by atoms with Crippen LogP contribution in [0.2, 0.25) is 5.02 Å². The van der Waals surface area contributed by atoms with E-state index in [0.717, 1.165) is 11.3 Å². The van der Waals surface area contributed by atoms with Crippen LogP contribution in [0.4, 0.5) is 4.39 Å². The number of fused-ring (bicyclic) bond motifs is 1. The zero-order valence-electron chi connectivity index (χ0n) is 10.6. The lowest BCUT2D eigenvalue weighted by Crippen LogP contribution is -2.36. The first-order chi connectivity index (χ1) is 9.65. The first-order valence-electron chi connectivity index (χ1n) is 6.32. The van der Waals surface area contributed by atoms with Gasteiger partial charge in [0, 0.05) is 36.4 Å². The first kappa shape index (κ1) is 13.1. The lowest BCUT2D eigenvalue weighted by atomic mass is 10.0. The average molecular weight is 291 g/mol. The molecule has 2 heterocycles. The molecule has 1 amide bonds. The molecular weight excluding hydrogens is 279 g/mol. The fourth-order valence-electron chi connectivity index (χ4n) is 2.37. The van der Waals surface area contributed by atoms with Gasteiger partial charge in [0.1, 0.15) is 5.82 Å². The van der Waals surface area contributed by atoms with Crippen molar-refractivity contribution in [3.05, 3.63) is 64.2 Å². The lowest BCUT2D eigenvalue weighted by molar-refractivity contribution is 0.0729. The quantitative estimate of drug-likeness (QED) is 0.809. The summed E-state index contributed by atoms with van der Waals surface area (Å²) in [6.07, 6.45) is 2.43. The van der Waals surface area contributed by atoms with Crippen LogP contribution < -0.4 is 0 Å². The average Bonchev–Trinajstić information content (AvgIpc) is 2.48. The van der Waals surface area contributed by atoms with E-state index in [-0.39, 0.29) is 11.5 Å². The Hall–Kier alpha value is -1.94. The van der Waals surface area contributed by atoms with Crippen LogP contribution in [0.25, 0.3) is 0 Å². The summed E-state index contributed by atoms with van der Waals surface area (Å²) in [5.74, 6) is -0.879. The Kier molecular flexibility index (Phi) is 3.40. The van der Waals surface area contributed by atoms with Gasteiger partial charge in [-0.25, -0.2) is 4.39 Å². The van der Waals surface area contributed by atoms with Crippen LogP contribution in [-0.2, 0) is 13.0 Å². The lowest BCUT2D eigenvalue weighted by Gasteiger charge is -2.28. The minimum atomic E-state index is -0.545. The molecule has 0 aliphatic carbocycles. The molecule has 5 heteroatoms. The molecule has 0 unspecified atom stereocenters. The number of carbonyl (C=O) groups is 1. The van der Waals surface area contributed by atoms with E-state index in [4.69, 9.17) is 11.6 Å². The minimum absolute atomic E-state index is 0.0184. The number of nitrogens with zero attached hydrogens (tertiary/aromatic N) is 2. The van der Waals surface area contributed by atoms with E-state index in [9.17, 15) is 9.18 Å². The summed E-state index contributed by atoms with van der Waals surface area (Å²) >= 11 is 5.83. The van der Waals surface area contributed by atoms with Crippen molar-refractivity contribution in [2.45, 2.75) is 13.0 Å². The fraction of sp³-hybridized carbons (Fsp3) is 0.200. The smallest absolute Gasteiger partial charge is 0.257 e. The number of halogens is 2. The molecule has 0 atom stereocenters. The summed E-state index contributed by atoms with van der Waals surface area (Å²) in [5, 5.41) is 0.355. The summed E-state index contributed by atoms with van der Waals surface area (Å²) in [6.45, 7) is 0.989. The second-order valence-corrected chi connectivity index (χ2v) is 5.15. The van der Waals surface area contributed by atoms with Crippen molar-refractivity contribution >= 4 is 17.5 Å². The Morgan fingerprint density at radius 3 is 3.05 bits per heavy atom. The highest BCUT2D eigenvalue weighted by Crippen LogP contribution is 2.21. The molecule has 1 aliphatic heterocycles. The molecule has 20 heavy (non-hydrogen) atoms. The fourth-order valence-corrected chi connectivity index (χ4v) is 2.54. The molecular formula is C15H12ClFN2O. The van der Waals surface area contributed by atoms with Crippen LogP contribution in [0.5, 0.6) is 0 Å². The van der Waals surface area contributed by atoms with Gasteiger partial charge in [-0.3, -0.25) is 9.78 Å². The second kappa shape index (κ2) is 5.21. The normalized spacial score (nSPS) is 14.0. The van der Waals surface area contributed by atoms with Gasteiger partial charge in [-0.1, -0.05) is 17.7 Å². The third kappa shape index (κ3) is 2.39. The van der Waals surface area contributed by atoms with Crippen molar-refractivity contribution in [3.63, 3.8) is 0 Å². The number of aromatic nitrogens is 1. The van der Waals surface area contributed by atoms with Gasteiger partial charge in [-0.15, -0.1) is 0 Å². The molecule has 0 saturated heterocycles. The highest BCUT2D eigenvalue weighted by atomic mass is 35.5. The van der Waals surface area contributed by atoms with Crippen molar-refractivity contribution in [2.24, 2.45) is 0 Å². The van der Waals surface area contributed by atoms with Crippen LogP contribution in [-0.4, -0.2) is 22.3 Å². The van der Waals surface area contributed by atoms with E-state index in [1.54, 1.807) is 11.1 Å². The Balaban J connectivity index is 1.88. The number of rotatable bonds is 1. The minimum Gasteiger partial charge on any atom is -0.334 e.